The van der Waals surface area contributed by atoms with E-state index in [-0.39, 0.29) is 0 Å². The maximum atomic E-state index is 3.86. The second-order valence-corrected chi connectivity index (χ2v) is 4.86. The van der Waals surface area contributed by atoms with Gasteiger partial charge < -0.3 is 0 Å². The van der Waals surface area contributed by atoms with E-state index < -0.39 is 0 Å². The predicted octanol–water partition coefficient (Wildman–Crippen LogP) is 2.30. The third-order valence-electron chi connectivity index (χ3n) is 0.588. The SMILES string of the molecule is CCSSc1nncs1. The van der Waals surface area contributed by atoms with Crippen molar-refractivity contribution in [3.63, 3.8) is 0 Å². The van der Waals surface area contributed by atoms with Gasteiger partial charge >= 0.3 is 0 Å². The van der Waals surface area contributed by atoms with Crippen LogP contribution in [0.2, 0.25) is 0 Å². The van der Waals surface area contributed by atoms with Gasteiger partial charge in [0.1, 0.15) is 5.51 Å². The highest BCUT2D eigenvalue weighted by atomic mass is 33.1. The Morgan fingerprint density at radius 3 is 3.22 bits per heavy atom. The normalized spacial score (nSPS) is 9.89. The Morgan fingerprint density at radius 2 is 2.67 bits per heavy atom. The minimum Gasteiger partial charge on any atom is -0.146 e. The summed E-state index contributed by atoms with van der Waals surface area (Å²) in [6.07, 6.45) is 0. The van der Waals surface area contributed by atoms with E-state index in [1.165, 1.54) is 0 Å². The largest absolute Gasteiger partial charge is 0.184 e. The molecule has 0 saturated heterocycles. The molecule has 9 heavy (non-hydrogen) atoms. The van der Waals surface area contributed by atoms with Crippen molar-refractivity contribution in [1.82, 2.24) is 10.2 Å². The van der Waals surface area contributed by atoms with Gasteiger partial charge in [-0.3, -0.25) is 0 Å². The molecule has 0 aliphatic rings. The summed E-state index contributed by atoms with van der Waals surface area (Å²) in [5, 5.41) is 7.57. The Labute approximate surface area is 65.9 Å². The van der Waals surface area contributed by atoms with Gasteiger partial charge in [0, 0.05) is 5.75 Å². The lowest BCUT2D eigenvalue weighted by molar-refractivity contribution is 1.01. The minimum absolute atomic E-state index is 1.04. The van der Waals surface area contributed by atoms with Crippen molar-refractivity contribution in [2.75, 3.05) is 5.75 Å². The van der Waals surface area contributed by atoms with Gasteiger partial charge in [-0.05, 0) is 10.8 Å². The molecule has 5 heteroatoms. The van der Waals surface area contributed by atoms with Gasteiger partial charge in [0.15, 0.2) is 4.34 Å². The first-order valence-corrected chi connectivity index (χ1v) is 5.69. The summed E-state index contributed by atoms with van der Waals surface area (Å²) in [4.78, 5) is 0. The van der Waals surface area contributed by atoms with Crippen LogP contribution in [0.25, 0.3) is 0 Å². The zero-order valence-corrected chi connectivity index (χ0v) is 7.35. The summed E-state index contributed by atoms with van der Waals surface area (Å²) in [5.74, 6) is 1.12. The second-order valence-electron chi connectivity index (χ2n) is 1.19. The van der Waals surface area contributed by atoms with Gasteiger partial charge in [0.25, 0.3) is 0 Å². The van der Waals surface area contributed by atoms with Gasteiger partial charge in [-0.15, -0.1) is 10.2 Å². The van der Waals surface area contributed by atoms with E-state index in [1.54, 1.807) is 38.4 Å². The number of hydrogen-bond acceptors (Lipinski definition) is 5. The molecule has 0 bridgehead atoms. The lowest BCUT2D eigenvalue weighted by Gasteiger charge is -1.87. The van der Waals surface area contributed by atoms with Crippen LogP contribution >= 0.6 is 32.9 Å². The van der Waals surface area contributed by atoms with Crippen molar-refractivity contribution in [2.24, 2.45) is 0 Å². The molecule has 1 aromatic heterocycles. The quantitative estimate of drug-likeness (QED) is 0.663. The van der Waals surface area contributed by atoms with Crippen molar-refractivity contribution in [3.8, 4) is 0 Å². The van der Waals surface area contributed by atoms with E-state index in [4.69, 9.17) is 0 Å². The smallest absolute Gasteiger partial charge is 0.146 e. The first-order chi connectivity index (χ1) is 4.43. The maximum Gasteiger partial charge on any atom is 0.184 e. The first kappa shape index (κ1) is 7.37. The Hall–Kier alpha value is 0.260. The highest BCUT2D eigenvalue weighted by Crippen LogP contribution is 2.30. The molecule has 0 aliphatic heterocycles. The third-order valence-corrected chi connectivity index (χ3v) is 4.04. The molecule has 0 fully saturated rings. The molecule has 0 aromatic carbocycles. The average molecular weight is 178 g/mol. The Morgan fingerprint density at radius 1 is 1.78 bits per heavy atom. The molecular weight excluding hydrogens is 172 g/mol. The fourth-order valence-electron chi connectivity index (χ4n) is 0.309. The highest BCUT2D eigenvalue weighted by molar-refractivity contribution is 8.77. The van der Waals surface area contributed by atoms with Crippen molar-refractivity contribution in [2.45, 2.75) is 11.3 Å². The van der Waals surface area contributed by atoms with Crippen LogP contribution in [0, 0.1) is 0 Å². The van der Waals surface area contributed by atoms with E-state index in [1.807, 2.05) is 0 Å². The first-order valence-electron chi connectivity index (χ1n) is 2.49. The Balaban J connectivity index is 2.30. The van der Waals surface area contributed by atoms with Crippen LogP contribution in [0.3, 0.4) is 0 Å². The maximum absolute atomic E-state index is 3.86. The molecule has 2 nitrogen and oxygen atoms in total. The molecule has 0 aliphatic carbocycles. The van der Waals surface area contributed by atoms with Gasteiger partial charge in [0.2, 0.25) is 0 Å². The average Bonchev–Trinajstić information content (AvgIpc) is 2.34. The number of rotatable bonds is 3. The molecule has 50 valence electrons. The molecule has 1 aromatic rings. The van der Waals surface area contributed by atoms with Crippen LogP contribution in [0.4, 0.5) is 0 Å². The molecule has 0 amide bonds. The highest BCUT2D eigenvalue weighted by Gasteiger charge is 1.94. The van der Waals surface area contributed by atoms with E-state index >= 15 is 0 Å². The second kappa shape index (κ2) is 4.14. The standard InChI is InChI=1S/C4H6N2S3/c1-2-8-9-4-6-5-3-7-4/h3H,2H2,1H3. The molecule has 0 atom stereocenters. The number of hydrogen-bond donors (Lipinski definition) is 0. The molecule has 0 spiro atoms. The summed E-state index contributed by atoms with van der Waals surface area (Å²) in [6.45, 7) is 2.12. The van der Waals surface area contributed by atoms with Gasteiger partial charge in [-0.25, -0.2) is 0 Å². The van der Waals surface area contributed by atoms with Crippen molar-refractivity contribution in [1.29, 1.82) is 0 Å². The summed E-state index contributed by atoms with van der Waals surface area (Å²) >= 11 is 1.58. The van der Waals surface area contributed by atoms with E-state index in [0.29, 0.717) is 0 Å². The van der Waals surface area contributed by atoms with Crippen molar-refractivity contribution < 1.29 is 0 Å². The van der Waals surface area contributed by atoms with E-state index in [2.05, 4.69) is 17.1 Å². The van der Waals surface area contributed by atoms with Crippen molar-refractivity contribution in [3.05, 3.63) is 5.51 Å². The molecule has 1 rings (SSSR count). The summed E-state index contributed by atoms with van der Waals surface area (Å²) in [6, 6.07) is 0. The topological polar surface area (TPSA) is 25.8 Å². The predicted molar refractivity (Wildman–Crippen MR) is 43.9 cm³/mol. The zero-order valence-electron chi connectivity index (χ0n) is 4.90. The molecule has 0 N–H and O–H groups in total. The molecule has 0 radical (unpaired) electrons. The van der Waals surface area contributed by atoms with Crippen LogP contribution in [-0.4, -0.2) is 16.0 Å². The van der Waals surface area contributed by atoms with Crippen LogP contribution in [0.15, 0.2) is 9.85 Å². The third kappa shape index (κ3) is 2.55. The van der Waals surface area contributed by atoms with E-state index in [9.17, 15) is 0 Å². The minimum atomic E-state index is 1.04. The fraction of sp³-hybridized carbons (Fsp3) is 0.500. The summed E-state index contributed by atoms with van der Waals surface area (Å²) < 4.78 is 1.04. The lowest BCUT2D eigenvalue weighted by atomic mass is 11.0. The van der Waals surface area contributed by atoms with Crippen LogP contribution < -0.4 is 0 Å². The molecule has 0 unspecified atom stereocenters. The van der Waals surface area contributed by atoms with Crippen LogP contribution in [0.5, 0.6) is 0 Å². The van der Waals surface area contributed by atoms with E-state index in [0.717, 1.165) is 10.1 Å². The van der Waals surface area contributed by atoms with Crippen molar-refractivity contribution >= 4 is 32.9 Å². The fourth-order valence-corrected chi connectivity index (χ4v) is 2.72. The number of aromatic nitrogens is 2. The lowest BCUT2D eigenvalue weighted by Crippen LogP contribution is -1.65. The Kier molecular flexibility index (Phi) is 3.39. The van der Waals surface area contributed by atoms with Gasteiger partial charge in [0.05, 0.1) is 0 Å². The monoisotopic (exact) mass is 178 g/mol. The Bertz CT molecular complexity index is 151. The molecule has 1 heterocycles. The van der Waals surface area contributed by atoms with Crippen LogP contribution in [0.1, 0.15) is 6.92 Å². The molecule has 0 saturated carbocycles. The number of nitrogens with zero attached hydrogens (tertiary/aromatic N) is 2. The molecular formula is C4H6N2S3. The van der Waals surface area contributed by atoms with Gasteiger partial charge in [-0.2, -0.15) is 0 Å². The van der Waals surface area contributed by atoms with Crippen LogP contribution in [-0.2, 0) is 0 Å². The summed E-state index contributed by atoms with van der Waals surface area (Å²) in [7, 11) is 3.48. The van der Waals surface area contributed by atoms with Gasteiger partial charge in [-0.1, -0.05) is 29.1 Å². The zero-order chi connectivity index (χ0) is 6.53. The summed E-state index contributed by atoms with van der Waals surface area (Å²) in [5.41, 5.74) is 1.75.